The molecule has 25 heavy (non-hydrogen) atoms. The van der Waals surface area contributed by atoms with E-state index >= 15 is 0 Å². The van der Waals surface area contributed by atoms with Gasteiger partial charge < -0.3 is 14.4 Å². The van der Waals surface area contributed by atoms with Crippen LogP contribution in [0.5, 0.6) is 0 Å². The first-order valence-electron chi connectivity index (χ1n) is 7.71. The van der Waals surface area contributed by atoms with Crippen LogP contribution in [0, 0.1) is 0 Å². The lowest BCUT2D eigenvalue weighted by Gasteiger charge is -2.24. The quantitative estimate of drug-likeness (QED) is 0.710. The summed E-state index contributed by atoms with van der Waals surface area (Å²) in [6.07, 6.45) is 0.183. The molecule has 1 atom stereocenters. The molecule has 0 fully saturated rings. The van der Waals surface area contributed by atoms with E-state index in [9.17, 15) is 14.4 Å². The fourth-order valence-electron chi connectivity index (χ4n) is 3.09. The van der Waals surface area contributed by atoms with E-state index in [-0.39, 0.29) is 25.4 Å². The first-order chi connectivity index (χ1) is 12.0. The molecule has 0 saturated heterocycles. The van der Waals surface area contributed by atoms with E-state index in [4.69, 9.17) is 4.74 Å². The predicted octanol–water partition coefficient (Wildman–Crippen LogP) is 2.68. The van der Waals surface area contributed by atoms with Crippen molar-refractivity contribution in [3.8, 4) is 0 Å². The lowest BCUT2D eigenvalue weighted by Crippen LogP contribution is -2.43. The molecule has 1 aromatic heterocycles. The molecule has 1 aliphatic heterocycles. The molecule has 2 heterocycles. The van der Waals surface area contributed by atoms with Gasteiger partial charge in [-0.25, -0.2) is 9.59 Å². The zero-order valence-electron chi connectivity index (χ0n) is 13.8. The van der Waals surface area contributed by atoms with Gasteiger partial charge in [-0.3, -0.25) is 9.36 Å². The topological polar surface area (TPSA) is 77.8 Å². The zero-order valence-corrected chi connectivity index (χ0v) is 15.4. The Hall–Kier alpha value is -2.35. The van der Waals surface area contributed by atoms with Gasteiger partial charge in [0, 0.05) is 22.0 Å². The minimum atomic E-state index is -0.831. The van der Waals surface area contributed by atoms with E-state index in [2.05, 4.69) is 20.7 Å². The minimum absolute atomic E-state index is 0.0304. The van der Waals surface area contributed by atoms with Gasteiger partial charge in [-0.2, -0.15) is 0 Å². The van der Waals surface area contributed by atoms with Gasteiger partial charge in [0.05, 0.1) is 26.3 Å². The summed E-state index contributed by atoms with van der Waals surface area (Å²) in [6.45, 7) is 0.284. The van der Waals surface area contributed by atoms with Crippen LogP contribution in [0.3, 0.4) is 0 Å². The number of aromatic nitrogens is 1. The SMILES string of the molecule is COC(=O)CCC(C(=O)OC)N1Cc2cc3cc(Br)ccc3n2C1=O. The maximum absolute atomic E-state index is 12.9. The molecule has 1 amide bonds. The summed E-state index contributed by atoms with van der Waals surface area (Å²) in [5.41, 5.74) is 1.58. The van der Waals surface area contributed by atoms with Crippen molar-refractivity contribution in [1.82, 2.24) is 9.47 Å². The Balaban J connectivity index is 1.89. The van der Waals surface area contributed by atoms with Crippen LogP contribution in [0.1, 0.15) is 18.5 Å². The number of benzene rings is 1. The average molecular weight is 409 g/mol. The van der Waals surface area contributed by atoms with Crippen LogP contribution in [0.4, 0.5) is 4.79 Å². The maximum Gasteiger partial charge on any atom is 0.330 e. The van der Waals surface area contributed by atoms with Crippen molar-refractivity contribution in [1.29, 1.82) is 0 Å². The molecule has 0 aliphatic carbocycles. The molecule has 132 valence electrons. The van der Waals surface area contributed by atoms with E-state index in [1.807, 2.05) is 24.3 Å². The molecule has 3 rings (SSSR count). The van der Waals surface area contributed by atoms with Crippen LogP contribution in [0.25, 0.3) is 10.9 Å². The number of halogens is 1. The van der Waals surface area contributed by atoms with Crippen LogP contribution in [-0.2, 0) is 25.6 Å². The Labute approximate surface area is 152 Å². The van der Waals surface area contributed by atoms with Gasteiger partial charge in [0.1, 0.15) is 6.04 Å². The Morgan fingerprint density at radius 3 is 2.68 bits per heavy atom. The van der Waals surface area contributed by atoms with Crippen LogP contribution < -0.4 is 0 Å². The Morgan fingerprint density at radius 2 is 2.00 bits per heavy atom. The summed E-state index contributed by atoms with van der Waals surface area (Å²) >= 11 is 3.42. The van der Waals surface area contributed by atoms with Gasteiger partial charge in [0.2, 0.25) is 0 Å². The lowest BCUT2D eigenvalue weighted by atomic mass is 10.1. The number of methoxy groups -OCH3 is 2. The molecule has 0 bridgehead atoms. The number of hydrogen-bond acceptors (Lipinski definition) is 5. The van der Waals surface area contributed by atoms with E-state index in [1.54, 1.807) is 4.57 Å². The predicted molar refractivity (Wildman–Crippen MR) is 93.0 cm³/mol. The second-order valence-electron chi connectivity index (χ2n) is 5.74. The van der Waals surface area contributed by atoms with Crippen molar-refractivity contribution < 1.29 is 23.9 Å². The molecular formula is C17H17BrN2O5. The summed E-state index contributed by atoms with van der Waals surface area (Å²) in [4.78, 5) is 37.9. The number of esters is 2. The van der Waals surface area contributed by atoms with Crippen molar-refractivity contribution in [3.63, 3.8) is 0 Å². The summed E-state index contributed by atoms with van der Waals surface area (Å²) in [5.74, 6) is -0.981. The number of carbonyl (C=O) groups excluding carboxylic acids is 3. The number of amides is 1. The van der Waals surface area contributed by atoms with Gasteiger partial charge >= 0.3 is 18.0 Å². The summed E-state index contributed by atoms with van der Waals surface area (Å²) in [7, 11) is 2.55. The van der Waals surface area contributed by atoms with Crippen molar-refractivity contribution in [2.45, 2.75) is 25.4 Å². The number of rotatable bonds is 5. The molecular weight excluding hydrogens is 392 g/mol. The molecule has 0 saturated carbocycles. The molecule has 1 aromatic carbocycles. The third-order valence-electron chi connectivity index (χ3n) is 4.31. The van der Waals surface area contributed by atoms with Crippen molar-refractivity contribution >= 4 is 44.8 Å². The van der Waals surface area contributed by atoms with Gasteiger partial charge in [-0.1, -0.05) is 15.9 Å². The normalized spacial score (nSPS) is 14.5. The number of ether oxygens (including phenoxy) is 2. The molecule has 0 N–H and O–H groups in total. The Bertz CT molecular complexity index is 860. The van der Waals surface area contributed by atoms with E-state index in [0.717, 1.165) is 21.1 Å². The highest BCUT2D eigenvalue weighted by Gasteiger charge is 2.38. The maximum atomic E-state index is 12.9. The fraction of sp³-hybridized carbons (Fsp3) is 0.353. The Morgan fingerprint density at radius 1 is 1.24 bits per heavy atom. The van der Waals surface area contributed by atoms with Gasteiger partial charge in [-0.15, -0.1) is 0 Å². The van der Waals surface area contributed by atoms with Crippen LogP contribution in [0.2, 0.25) is 0 Å². The number of fused-ring (bicyclic) bond motifs is 3. The third kappa shape index (κ3) is 3.13. The number of carbonyl (C=O) groups is 3. The van der Waals surface area contributed by atoms with Gasteiger partial charge in [0.25, 0.3) is 0 Å². The van der Waals surface area contributed by atoms with E-state index < -0.39 is 18.0 Å². The monoisotopic (exact) mass is 408 g/mol. The highest BCUT2D eigenvalue weighted by Crippen LogP contribution is 2.30. The summed E-state index contributed by atoms with van der Waals surface area (Å²) in [6, 6.07) is 6.45. The van der Waals surface area contributed by atoms with Crippen molar-refractivity contribution in [2.75, 3.05) is 14.2 Å². The molecule has 7 nitrogen and oxygen atoms in total. The van der Waals surface area contributed by atoms with Crippen LogP contribution in [-0.4, -0.2) is 47.7 Å². The van der Waals surface area contributed by atoms with Crippen molar-refractivity contribution in [2.24, 2.45) is 0 Å². The fourth-order valence-corrected chi connectivity index (χ4v) is 3.47. The Kier molecular flexibility index (Phi) is 4.80. The van der Waals surface area contributed by atoms with Gasteiger partial charge in [-0.05, 0) is 30.7 Å². The number of nitrogens with zero attached hydrogens (tertiary/aromatic N) is 2. The highest BCUT2D eigenvalue weighted by molar-refractivity contribution is 9.10. The first kappa shape index (κ1) is 17.5. The molecule has 0 spiro atoms. The average Bonchev–Trinajstić information content (AvgIpc) is 3.10. The lowest BCUT2D eigenvalue weighted by molar-refractivity contribution is -0.147. The molecule has 8 heteroatoms. The first-order valence-corrected chi connectivity index (χ1v) is 8.51. The van der Waals surface area contributed by atoms with Crippen LogP contribution >= 0.6 is 15.9 Å². The molecule has 1 unspecified atom stereocenters. The zero-order chi connectivity index (χ0) is 18.1. The largest absolute Gasteiger partial charge is 0.469 e. The second-order valence-corrected chi connectivity index (χ2v) is 6.65. The molecule has 1 aliphatic rings. The number of hydrogen-bond donors (Lipinski definition) is 0. The second kappa shape index (κ2) is 6.87. The van der Waals surface area contributed by atoms with E-state index in [0.29, 0.717) is 0 Å². The summed E-state index contributed by atoms with van der Waals surface area (Å²) in [5, 5.41) is 0.946. The smallest absolute Gasteiger partial charge is 0.330 e. The van der Waals surface area contributed by atoms with Gasteiger partial charge in [0.15, 0.2) is 0 Å². The minimum Gasteiger partial charge on any atom is -0.469 e. The highest BCUT2D eigenvalue weighted by atomic mass is 79.9. The van der Waals surface area contributed by atoms with Crippen molar-refractivity contribution in [3.05, 3.63) is 34.4 Å². The van der Waals surface area contributed by atoms with Crippen LogP contribution in [0.15, 0.2) is 28.7 Å². The summed E-state index contributed by atoms with van der Waals surface area (Å²) < 4.78 is 12.0. The van der Waals surface area contributed by atoms with E-state index in [1.165, 1.54) is 19.1 Å². The molecule has 0 radical (unpaired) electrons. The molecule has 2 aromatic rings. The third-order valence-corrected chi connectivity index (χ3v) is 4.80. The standard InChI is InChI=1S/C17H17BrN2O5/c1-24-15(21)6-5-14(16(22)25-2)19-9-12-8-10-7-11(18)3-4-13(10)20(12)17(19)23/h3-4,7-8,14H,5-6,9H2,1-2H3.